The van der Waals surface area contributed by atoms with Gasteiger partial charge in [0.25, 0.3) is 0 Å². The van der Waals surface area contributed by atoms with Gasteiger partial charge in [-0.1, -0.05) is 51.0 Å². The number of aryl methyl sites for hydroxylation is 2. The Labute approximate surface area is 127 Å². The summed E-state index contributed by atoms with van der Waals surface area (Å²) < 4.78 is 25.5. The Morgan fingerprint density at radius 3 is 1.57 bits per heavy atom. The summed E-state index contributed by atoms with van der Waals surface area (Å²) in [5.74, 6) is 0. The highest BCUT2D eigenvalue weighted by atomic mass is 32.2. The molecule has 0 N–H and O–H groups in total. The second-order valence-corrected chi connectivity index (χ2v) is 7.25. The maximum absolute atomic E-state index is 12.7. The van der Waals surface area contributed by atoms with Gasteiger partial charge in [-0.25, -0.2) is 8.42 Å². The zero-order chi connectivity index (χ0) is 15.3. The largest absolute Gasteiger partial charge is 0.219 e. The molecule has 3 heteroatoms. The van der Waals surface area contributed by atoms with Gasteiger partial charge in [-0.05, 0) is 48.2 Å². The van der Waals surface area contributed by atoms with E-state index in [9.17, 15) is 8.42 Å². The predicted octanol–water partition coefficient (Wildman–Crippen LogP) is 4.42. The van der Waals surface area contributed by atoms with Crippen LogP contribution in [0.15, 0.2) is 58.3 Å². The Kier molecular flexibility index (Phi) is 5.18. The molecular formula is C18H22O2S. The van der Waals surface area contributed by atoms with Gasteiger partial charge in [0.15, 0.2) is 0 Å². The normalized spacial score (nSPS) is 11.5. The molecule has 0 atom stereocenters. The average molecular weight is 302 g/mol. The zero-order valence-corrected chi connectivity index (χ0v) is 13.5. The molecule has 0 saturated heterocycles. The van der Waals surface area contributed by atoms with Crippen molar-refractivity contribution < 1.29 is 8.42 Å². The fourth-order valence-corrected chi connectivity index (χ4v) is 3.85. The smallest absolute Gasteiger partial charge is 0.206 e. The van der Waals surface area contributed by atoms with Crippen LogP contribution in [0.3, 0.4) is 0 Å². The topological polar surface area (TPSA) is 34.1 Å². The van der Waals surface area contributed by atoms with E-state index in [1.54, 1.807) is 24.3 Å². The van der Waals surface area contributed by atoms with E-state index >= 15 is 0 Å². The summed E-state index contributed by atoms with van der Waals surface area (Å²) in [6, 6.07) is 14.6. The van der Waals surface area contributed by atoms with Crippen molar-refractivity contribution in [3.8, 4) is 0 Å². The number of benzene rings is 2. The van der Waals surface area contributed by atoms with E-state index in [1.165, 1.54) is 0 Å². The third-order valence-corrected chi connectivity index (χ3v) is 5.24. The Bertz CT molecular complexity index is 647. The summed E-state index contributed by atoms with van der Waals surface area (Å²) >= 11 is 0. The Hall–Kier alpha value is -1.61. The minimum Gasteiger partial charge on any atom is -0.219 e. The minimum absolute atomic E-state index is 0.391. The molecular weight excluding hydrogens is 280 g/mol. The van der Waals surface area contributed by atoms with Crippen molar-refractivity contribution in [2.24, 2.45) is 0 Å². The first kappa shape index (κ1) is 15.8. The first-order valence-electron chi connectivity index (χ1n) is 7.51. The van der Waals surface area contributed by atoms with Crippen LogP contribution >= 0.6 is 0 Å². The summed E-state index contributed by atoms with van der Waals surface area (Å²) in [6.45, 7) is 4.19. The van der Waals surface area contributed by atoms with Gasteiger partial charge in [0.05, 0.1) is 9.79 Å². The van der Waals surface area contributed by atoms with Crippen molar-refractivity contribution in [1.82, 2.24) is 0 Å². The van der Waals surface area contributed by atoms with Crippen molar-refractivity contribution in [3.63, 3.8) is 0 Å². The van der Waals surface area contributed by atoms with Gasteiger partial charge >= 0.3 is 0 Å². The van der Waals surface area contributed by atoms with Crippen LogP contribution in [0.5, 0.6) is 0 Å². The molecule has 0 fully saturated rings. The van der Waals surface area contributed by atoms with Crippen LogP contribution in [-0.4, -0.2) is 8.42 Å². The molecule has 0 spiro atoms. The lowest BCUT2D eigenvalue weighted by atomic mass is 10.1. The summed E-state index contributed by atoms with van der Waals surface area (Å²) in [6.07, 6.45) is 3.82. The van der Waals surface area contributed by atoms with E-state index in [1.807, 2.05) is 24.3 Å². The van der Waals surface area contributed by atoms with Crippen LogP contribution in [-0.2, 0) is 22.7 Å². The number of sulfone groups is 1. The van der Waals surface area contributed by atoms with E-state index in [4.69, 9.17) is 0 Å². The van der Waals surface area contributed by atoms with Crippen LogP contribution in [0.25, 0.3) is 0 Å². The van der Waals surface area contributed by atoms with Crippen molar-refractivity contribution in [2.75, 3.05) is 0 Å². The molecule has 0 aromatic heterocycles. The number of rotatable bonds is 6. The molecule has 0 heterocycles. The lowest BCUT2D eigenvalue weighted by Crippen LogP contribution is -2.03. The van der Waals surface area contributed by atoms with E-state index in [0.717, 1.165) is 36.8 Å². The highest BCUT2D eigenvalue weighted by Crippen LogP contribution is 2.23. The molecule has 0 saturated carbocycles. The number of hydrogen-bond donors (Lipinski definition) is 0. The van der Waals surface area contributed by atoms with Crippen LogP contribution in [0.1, 0.15) is 37.8 Å². The lowest BCUT2D eigenvalue weighted by Gasteiger charge is -2.08. The molecule has 21 heavy (non-hydrogen) atoms. The minimum atomic E-state index is -3.42. The van der Waals surface area contributed by atoms with Gasteiger partial charge in [0.1, 0.15) is 0 Å². The molecule has 2 rings (SSSR count). The van der Waals surface area contributed by atoms with Gasteiger partial charge < -0.3 is 0 Å². The fraction of sp³-hybridized carbons (Fsp3) is 0.333. The van der Waals surface area contributed by atoms with E-state index in [2.05, 4.69) is 13.8 Å². The molecule has 0 aliphatic heterocycles. The summed E-state index contributed by atoms with van der Waals surface area (Å²) in [5.41, 5.74) is 2.14. The van der Waals surface area contributed by atoms with Crippen molar-refractivity contribution in [1.29, 1.82) is 0 Å². The SMILES string of the molecule is CCCc1cccc(S(=O)(=O)c2cccc(CCC)c2)c1. The van der Waals surface area contributed by atoms with Crippen LogP contribution in [0, 0.1) is 0 Å². The first-order chi connectivity index (χ1) is 10.1. The molecule has 0 radical (unpaired) electrons. The van der Waals surface area contributed by atoms with Gasteiger partial charge in [-0.2, -0.15) is 0 Å². The van der Waals surface area contributed by atoms with Gasteiger partial charge in [-0.15, -0.1) is 0 Å². The quantitative estimate of drug-likeness (QED) is 0.791. The average Bonchev–Trinajstić information content (AvgIpc) is 2.48. The third kappa shape index (κ3) is 3.73. The maximum atomic E-state index is 12.7. The Balaban J connectivity index is 2.41. The zero-order valence-electron chi connectivity index (χ0n) is 12.7. The molecule has 0 bridgehead atoms. The third-order valence-electron chi connectivity index (χ3n) is 3.49. The van der Waals surface area contributed by atoms with E-state index in [0.29, 0.717) is 9.79 Å². The molecule has 112 valence electrons. The monoisotopic (exact) mass is 302 g/mol. The van der Waals surface area contributed by atoms with Crippen molar-refractivity contribution >= 4 is 9.84 Å². The van der Waals surface area contributed by atoms with Gasteiger partial charge in [-0.3, -0.25) is 0 Å². The summed E-state index contributed by atoms with van der Waals surface area (Å²) in [7, 11) is -3.42. The first-order valence-corrected chi connectivity index (χ1v) is 8.99. The summed E-state index contributed by atoms with van der Waals surface area (Å²) in [4.78, 5) is 0.782. The Morgan fingerprint density at radius 2 is 1.19 bits per heavy atom. The van der Waals surface area contributed by atoms with Crippen molar-refractivity contribution in [2.45, 2.75) is 49.3 Å². The van der Waals surface area contributed by atoms with Crippen LogP contribution in [0.2, 0.25) is 0 Å². The molecule has 2 aromatic carbocycles. The molecule has 2 nitrogen and oxygen atoms in total. The molecule has 0 aliphatic carbocycles. The standard InChI is InChI=1S/C18H22O2S/c1-3-7-15-9-5-11-17(13-15)21(19,20)18-12-6-10-16(14-18)8-4-2/h5-6,9-14H,3-4,7-8H2,1-2H3. The van der Waals surface area contributed by atoms with Gasteiger partial charge in [0, 0.05) is 0 Å². The second-order valence-electron chi connectivity index (χ2n) is 5.30. The van der Waals surface area contributed by atoms with Crippen LogP contribution in [0.4, 0.5) is 0 Å². The predicted molar refractivity (Wildman–Crippen MR) is 86.3 cm³/mol. The van der Waals surface area contributed by atoms with Crippen molar-refractivity contribution in [3.05, 3.63) is 59.7 Å². The number of hydrogen-bond acceptors (Lipinski definition) is 2. The van der Waals surface area contributed by atoms with Gasteiger partial charge in [0.2, 0.25) is 9.84 Å². The molecule has 2 aromatic rings. The maximum Gasteiger partial charge on any atom is 0.206 e. The van der Waals surface area contributed by atoms with E-state index < -0.39 is 9.84 Å². The second kappa shape index (κ2) is 6.90. The fourth-order valence-electron chi connectivity index (χ4n) is 2.45. The highest BCUT2D eigenvalue weighted by molar-refractivity contribution is 7.91. The molecule has 0 unspecified atom stereocenters. The molecule has 0 aliphatic rings. The Morgan fingerprint density at radius 1 is 0.762 bits per heavy atom. The molecule has 0 amide bonds. The summed E-state index contributed by atoms with van der Waals surface area (Å²) in [5, 5.41) is 0. The highest BCUT2D eigenvalue weighted by Gasteiger charge is 2.18. The van der Waals surface area contributed by atoms with E-state index in [-0.39, 0.29) is 0 Å². The lowest BCUT2D eigenvalue weighted by molar-refractivity contribution is 0.595. The van der Waals surface area contributed by atoms with Crippen LogP contribution < -0.4 is 0 Å².